The first-order valence-corrected chi connectivity index (χ1v) is 8.72. The van der Waals surface area contributed by atoms with E-state index in [9.17, 15) is 9.18 Å². The lowest BCUT2D eigenvalue weighted by atomic mass is 10.1. The Bertz CT molecular complexity index is 905. The molecule has 9 heteroatoms. The largest absolute Gasteiger partial charge is 0.354 e. The Balaban J connectivity index is 1.44. The number of urea groups is 1. The van der Waals surface area contributed by atoms with Crippen molar-refractivity contribution in [3.8, 4) is 0 Å². The molecule has 140 valence electrons. The van der Waals surface area contributed by atoms with E-state index in [0.717, 1.165) is 5.82 Å². The van der Waals surface area contributed by atoms with E-state index in [2.05, 4.69) is 15.4 Å². The fraction of sp³-hybridized carbons (Fsp3) is 0.333. The van der Waals surface area contributed by atoms with Crippen molar-refractivity contribution in [3.05, 3.63) is 47.9 Å². The summed E-state index contributed by atoms with van der Waals surface area (Å²) in [5.74, 6) is 1.28. The molecule has 0 bridgehead atoms. The maximum absolute atomic E-state index is 13.3. The van der Waals surface area contributed by atoms with Crippen LogP contribution < -0.4 is 15.1 Å². The van der Waals surface area contributed by atoms with Crippen LogP contribution in [0, 0.1) is 5.41 Å². The number of aromatic nitrogens is 3. The first-order valence-electron chi connectivity index (χ1n) is 8.72. The molecule has 1 atom stereocenters. The molecule has 4 heterocycles. The molecule has 0 aliphatic carbocycles. The van der Waals surface area contributed by atoms with Crippen LogP contribution in [-0.4, -0.2) is 52.3 Å². The molecular weight excluding hydrogens is 349 g/mol. The molecule has 0 unspecified atom stereocenters. The number of pyridine rings is 1. The lowest BCUT2D eigenvalue weighted by molar-refractivity contribution is 0.252. The monoisotopic (exact) mass is 369 g/mol. The Morgan fingerprint density at radius 1 is 1.37 bits per heavy atom. The number of carbonyl (C=O) groups is 1. The van der Waals surface area contributed by atoms with Gasteiger partial charge in [0.2, 0.25) is 0 Å². The standard InChI is InChI=1S/C18H20FN7O/c1-24-6-5-17(23-24)26-11-14(22-18(26)27)8-15(20)12-2-3-16(21-9-12)25-7-4-13(19)10-25/h2-3,5-6,8-9,13,20H,4,7,10-11H2,1H3,(H,22,27)/b14-8-,20-15?/t13-/m0/s1. The van der Waals surface area contributed by atoms with Crippen LogP contribution in [0.15, 0.2) is 42.4 Å². The number of nitrogens with one attached hydrogen (secondary N) is 2. The van der Waals surface area contributed by atoms with Crippen LogP contribution in [-0.2, 0) is 7.05 Å². The lowest BCUT2D eigenvalue weighted by Crippen LogP contribution is -2.28. The molecule has 2 aromatic rings. The molecule has 0 saturated carbocycles. The predicted molar refractivity (Wildman–Crippen MR) is 100.0 cm³/mol. The maximum atomic E-state index is 13.3. The number of alkyl halides is 1. The number of halogens is 1. The molecule has 0 aromatic carbocycles. The molecule has 2 aliphatic rings. The van der Waals surface area contributed by atoms with Crippen LogP contribution in [0.25, 0.3) is 0 Å². The highest BCUT2D eigenvalue weighted by molar-refractivity contribution is 6.08. The summed E-state index contributed by atoms with van der Waals surface area (Å²) >= 11 is 0. The summed E-state index contributed by atoms with van der Waals surface area (Å²) in [6, 6.07) is 5.08. The number of nitrogens with zero attached hydrogens (tertiary/aromatic N) is 5. The third-order valence-corrected chi connectivity index (χ3v) is 4.65. The SMILES string of the molecule is Cn1ccc(N2C/C(=C/C(=N)c3ccc(N4CC[C@H](F)C4)nc3)NC2=O)n1. The molecule has 0 spiro atoms. The summed E-state index contributed by atoms with van der Waals surface area (Å²) in [5.41, 5.74) is 1.50. The van der Waals surface area contributed by atoms with Gasteiger partial charge in [0.05, 0.1) is 18.8 Å². The van der Waals surface area contributed by atoms with Gasteiger partial charge in [0.25, 0.3) is 0 Å². The number of amides is 2. The van der Waals surface area contributed by atoms with Gasteiger partial charge >= 0.3 is 6.03 Å². The van der Waals surface area contributed by atoms with E-state index in [4.69, 9.17) is 5.41 Å². The Morgan fingerprint density at radius 2 is 2.22 bits per heavy atom. The number of allylic oxidation sites excluding steroid dienone is 1. The molecule has 27 heavy (non-hydrogen) atoms. The number of anilines is 2. The summed E-state index contributed by atoms with van der Waals surface area (Å²) in [7, 11) is 1.79. The highest BCUT2D eigenvalue weighted by Gasteiger charge is 2.27. The molecule has 2 aromatic heterocycles. The normalized spacial score (nSPS) is 21.2. The molecule has 2 saturated heterocycles. The maximum Gasteiger partial charge on any atom is 0.327 e. The van der Waals surface area contributed by atoms with Crippen LogP contribution in [0.3, 0.4) is 0 Å². The minimum atomic E-state index is -0.803. The van der Waals surface area contributed by atoms with Crippen LogP contribution >= 0.6 is 0 Å². The number of hydrogen-bond acceptors (Lipinski definition) is 5. The first kappa shape index (κ1) is 17.2. The number of hydrogen-bond donors (Lipinski definition) is 2. The van der Waals surface area contributed by atoms with E-state index >= 15 is 0 Å². The van der Waals surface area contributed by atoms with Gasteiger partial charge in [0, 0.05) is 43.3 Å². The van der Waals surface area contributed by atoms with Gasteiger partial charge in [-0.05, 0) is 24.6 Å². The van der Waals surface area contributed by atoms with E-state index in [1.165, 1.54) is 4.90 Å². The van der Waals surface area contributed by atoms with Gasteiger partial charge in [-0.1, -0.05) is 0 Å². The highest BCUT2D eigenvalue weighted by atomic mass is 19.1. The van der Waals surface area contributed by atoms with Gasteiger partial charge in [-0.2, -0.15) is 5.10 Å². The third-order valence-electron chi connectivity index (χ3n) is 4.65. The topological polar surface area (TPSA) is 90.1 Å². The zero-order chi connectivity index (χ0) is 19.0. The van der Waals surface area contributed by atoms with Crippen molar-refractivity contribution >= 4 is 23.4 Å². The van der Waals surface area contributed by atoms with Crippen molar-refractivity contribution in [2.75, 3.05) is 29.4 Å². The molecule has 2 aliphatic heterocycles. The highest BCUT2D eigenvalue weighted by Crippen LogP contribution is 2.21. The smallest absolute Gasteiger partial charge is 0.327 e. The van der Waals surface area contributed by atoms with Crippen molar-refractivity contribution < 1.29 is 9.18 Å². The fourth-order valence-electron chi connectivity index (χ4n) is 3.22. The van der Waals surface area contributed by atoms with E-state index in [-0.39, 0.29) is 11.7 Å². The summed E-state index contributed by atoms with van der Waals surface area (Å²) < 4.78 is 15.0. The van der Waals surface area contributed by atoms with Crippen LogP contribution in [0.5, 0.6) is 0 Å². The average molecular weight is 369 g/mol. The molecule has 2 N–H and O–H groups in total. The van der Waals surface area contributed by atoms with Gasteiger partial charge in [-0.15, -0.1) is 0 Å². The Labute approximate surface area is 155 Å². The molecule has 2 amide bonds. The Morgan fingerprint density at radius 3 is 2.85 bits per heavy atom. The number of aryl methyl sites for hydroxylation is 1. The zero-order valence-electron chi connectivity index (χ0n) is 14.9. The third kappa shape index (κ3) is 3.53. The van der Waals surface area contributed by atoms with Gasteiger partial charge in [-0.25, -0.2) is 14.2 Å². The van der Waals surface area contributed by atoms with Crippen molar-refractivity contribution in [2.24, 2.45) is 7.05 Å². The second-order valence-corrected chi connectivity index (χ2v) is 6.68. The van der Waals surface area contributed by atoms with E-state index in [1.807, 2.05) is 4.90 Å². The van der Waals surface area contributed by atoms with Gasteiger partial charge < -0.3 is 15.6 Å². The van der Waals surface area contributed by atoms with Crippen LogP contribution in [0.4, 0.5) is 20.8 Å². The zero-order valence-corrected chi connectivity index (χ0v) is 14.9. The quantitative estimate of drug-likeness (QED) is 0.805. The number of carbonyl (C=O) groups excluding carboxylic acids is 1. The van der Waals surface area contributed by atoms with E-state index in [0.29, 0.717) is 43.1 Å². The summed E-state index contributed by atoms with van der Waals surface area (Å²) in [4.78, 5) is 19.9. The second kappa shape index (κ2) is 6.82. The van der Waals surface area contributed by atoms with Crippen molar-refractivity contribution in [2.45, 2.75) is 12.6 Å². The molecular formula is C18H20FN7O. The molecule has 4 rings (SSSR count). The Kier molecular flexibility index (Phi) is 4.35. The predicted octanol–water partition coefficient (Wildman–Crippen LogP) is 1.84. The summed E-state index contributed by atoms with van der Waals surface area (Å²) in [5, 5.41) is 15.3. The van der Waals surface area contributed by atoms with Crippen molar-refractivity contribution in [3.63, 3.8) is 0 Å². The summed E-state index contributed by atoms with van der Waals surface area (Å²) in [6.07, 6.45) is 4.71. The second-order valence-electron chi connectivity index (χ2n) is 6.68. The van der Waals surface area contributed by atoms with Gasteiger partial charge in [0.15, 0.2) is 5.82 Å². The van der Waals surface area contributed by atoms with E-state index in [1.54, 1.807) is 48.4 Å². The van der Waals surface area contributed by atoms with Gasteiger partial charge in [-0.3, -0.25) is 9.58 Å². The Hall–Kier alpha value is -3.23. The fourth-order valence-corrected chi connectivity index (χ4v) is 3.22. The summed E-state index contributed by atoms with van der Waals surface area (Å²) in [6.45, 7) is 1.35. The number of rotatable bonds is 4. The van der Waals surface area contributed by atoms with Gasteiger partial charge in [0.1, 0.15) is 12.0 Å². The van der Waals surface area contributed by atoms with Crippen LogP contribution in [0.1, 0.15) is 12.0 Å². The molecule has 8 nitrogen and oxygen atoms in total. The first-order chi connectivity index (χ1) is 13.0. The van der Waals surface area contributed by atoms with Crippen molar-refractivity contribution in [1.29, 1.82) is 5.41 Å². The van der Waals surface area contributed by atoms with E-state index < -0.39 is 6.17 Å². The lowest BCUT2D eigenvalue weighted by Gasteiger charge is -2.16. The van der Waals surface area contributed by atoms with Crippen LogP contribution in [0.2, 0.25) is 0 Å². The average Bonchev–Trinajstić information content (AvgIpc) is 3.35. The molecule has 2 fully saturated rings. The van der Waals surface area contributed by atoms with Crippen molar-refractivity contribution in [1.82, 2.24) is 20.1 Å². The minimum Gasteiger partial charge on any atom is -0.354 e. The minimum absolute atomic E-state index is 0.247. The molecule has 0 radical (unpaired) electrons.